The van der Waals surface area contributed by atoms with E-state index < -0.39 is 59.1 Å². The van der Waals surface area contributed by atoms with E-state index in [0.29, 0.717) is 0 Å². The lowest BCUT2D eigenvalue weighted by atomic mass is 9.92. The lowest BCUT2D eigenvalue weighted by Crippen LogP contribution is -2.68. The maximum absolute atomic E-state index is 12.3. The summed E-state index contributed by atoms with van der Waals surface area (Å²) in [7, 11) is -9.59. The van der Waals surface area contributed by atoms with Crippen LogP contribution in [0, 0.1) is 5.92 Å². The standard InChI is InChI=1S/C26H38O9S2Si/c1-19-23(34-36(6,27)28)24(35-37(7,29)30)22(33-25(19)31-5)18-32-38(26(2,3)4,20-14-10-8-11-15-20)21-16-12-9-13-17-21/h8-17,19,22-25H,18H2,1-7H3/t19-,22+,23-,24+,25-/m0/s1. The molecule has 1 heterocycles. The van der Waals surface area contributed by atoms with Crippen molar-refractivity contribution in [2.45, 2.75) is 57.3 Å². The summed E-state index contributed by atoms with van der Waals surface area (Å²) in [5, 5.41) is 1.69. The highest BCUT2D eigenvalue weighted by Crippen LogP contribution is 2.38. The van der Waals surface area contributed by atoms with Crippen LogP contribution in [0.1, 0.15) is 27.7 Å². The second kappa shape index (κ2) is 11.8. The van der Waals surface area contributed by atoms with E-state index in [2.05, 4.69) is 20.8 Å². The molecule has 1 aliphatic heterocycles. The fourth-order valence-corrected chi connectivity index (χ4v) is 11.0. The quantitative estimate of drug-likeness (QED) is 0.305. The Hall–Kier alpha value is -1.64. The van der Waals surface area contributed by atoms with Gasteiger partial charge in [-0.3, -0.25) is 8.37 Å². The van der Waals surface area contributed by atoms with Gasteiger partial charge in [0.25, 0.3) is 28.6 Å². The van der Waals surface area contributed by atoms with Crippen molar-refractivity contribution >= 4 is 38.9 Å². The van der Waals surface area contributed by atoms with Crippen LogP contribution >= 0.6 is 0 Å². The van der Waals surface area contributed by atoms with Crippen LogP contribution in [0.15, 0.2) is 60.7 Å². The van der Waals surface area contributed by atoms with Crippen LogP contribution in [-0.2, 0) is 42.5 Å². The minimum Gasteiger partial charge on any atom is -0.405 e. The third-order valence-electron chi connectivity index (χ3n) is 6.63. The number of hydrogen-bond donors (Lipinski definition) is 0. The van der Waals surface area contributed by atoms with E-state index in [4.69, 9.17) is 22.3 Å². The van der Waals surface area contributed by atoms with E-state index >= 15 is 0 Å². The van der Waals surface area contributed by atoms with Gasteiger partial charge in [-0.2, -0.15) is 16.8 Å². The molecule has 0 aromatic heterocycles. The second-order valence-electron chi connectivity index (χ2n) is 10.6. The Morgan fingerprint density at radius 2 is 1.26 bits per heavy atom. The largest absolute Gasteiger partial charge is 0.405 e. The highest BCUT2D eigenvalue weighted by atomic mass is 32.2. The van der Waals surface area contributed by atoms with Crippen molar-refractivity contribution in [2.24, 2.45) is 5.92 Å². The number of benzene rings is 2. The van der Waals surface area contributed by atoms with Gasteiger partial charge in [0, 0.05) is 13.0 Å². The molecule has 3 rings (SSSR count). The predicted octanol–water partition coefficient (Wildman–Crippen LogP) is 2.26. The minimum absolute atomic E-state index is 0.0936. The molecule has 2 aromatic carbocycles. The summed E-state index contributed by atoms with van der Waals surface area (Å²) in [6.45, 7) is 7.90. The summed E-state index contributed by atoms with van der Waals surface area (Å²) in [4.78, 5) is 0. The van der Waals surface area contributed by atoms with Crippen molar-refractivity contribution in [1.29, 1.82) is 0 Å². The average Bonchev–Trinajstić information content (AvgIpc) is 2.82. The van der Waals surface area contributed by atoms with Crippen LogP contribution in [0.5, 0.6) is 0 Å². The van der Waals surface area contributed by atoms with Gasteiger partial charge in [0.05, 0.1) is 19.1 Å². The van der Waals surface area contributed by atoms with Gasteiger partial charge in [0.15, 0.2) is 6.29 Å². The van der Waals surface area contributed by atoms with Crippen LogP contribution in [0.3, 0.4) is 0 Å². The van der Waals surface area contributed by atoms with Gasteiger partial charge in [-0.1, -0.05) is 88.4 Å². The molecule has 0 bridgehead atoms. The lowest BCUT2D eigenvalue weighted by Gasteiger charge is -2.47. The number of methoxy groups -OCH3 is 1. The van der Waals surface area contributed by atoms with Crippen molar-refractivity contribution < 1.29 is 39.1 Å². The van der Waals surface area contributed by atoms with Gasteiger partial charge in [-0.15, -0.1) is 0 Å². The Morgan fingerprint density at radius 3 is 1.66 bits per heavy atom. The zero-order chi connectivity index (χ0) is 28.4. The molecule has 38 heavy (non-hydrogen) atoms. The summed E-state index contributed by atoms with van der Waals surface area (Å²) < 4.78 is 78.2. The molecule has 1 saturated heterocycles. The smallest absolute Gasteiger partial charge is 0.264 e. The molecule has 0 aliphatic carbocycles. The van der Waals surface area contributed by atoms with Crippen molar-refractivity contribution in [2.75, 3.05) is 26.2 Å². The third kappa shape index (κ3) is 7.10. The molecular weight excluding hydrogens is 548 g/mol. The first-order valence-corrected chi connectivity index (χ1v) is 17.8. The van der Waals surface area contributed by atoms with Gasteiger partial charge in [-0.05, 0) is 15.4 Å². The molecule has 1 fully saturated rings. The first-order chi connectivity index (χ1) is 17.6. The monoisotopic (exact) mass is 586 g/mol. The third-order valence-corrected chi connectivity index (χ3v) is 12.8. The van der Waals surface area contributed by atoms with E-state index in [9.17, 15) is 16.8 Å². The fourth-order valence-electron chi connectivity index (χ4n) is 5.08. The molecule has 0 N–H and O–H groups in total. The topological polar surface area (TPSA) is 114 Å². The maximum Gasteiger partial charge on any atom is 0.264 e. The van der Waals surface area contributed by atoms with Crippen molar-refractivity contribution in [3.63, 3.8) is 0 Å². The number of rotatable bonds is 10. The zero-order valence-electron chi connectivity index (χ0n) is 22.9. The number of hydrogen-bond acceptors (Lipinski definition) is 9. The molecule has 9 nitrogen and oxygen atoms in total. The molecule has 5 atom stereocenters. The van der Waals surface area contributed by atoms with Crippen molar-refractivity contribution in [1.82, 2.24) is 0 Å². The Kier molecular flexibility index (Phi) is 9.63. The highest BCUT2D eigenvalue weighted by molar-refractivity contribution is 7.86. The summed E-state index contributed by atoms with van der Waals surface area (Å²) in [5.74, 6) is -0.661. The first kappa shape index (κ1) is 30.9. The summed E-state index contributed by atoms with van der Waals surface area (Å²) in [5.41, 5.74) is 0. The van der Waals surface area contributed by atoms with Crippen molar-refractivity contribution in [3.8, 4) is 0 Å². The van der Waals surface area contributed by atoms with Crippen LogP contribution < -0.4 is 10.4 Å². The Morgan fingerprint density at radius 1 is 0.816 bits per heavy atom. The predicted molar refractivity (Wildman–Crippen MR) is 148 cm³/mol. The van der Waals surface area contributed by atoms with E-state index in [1.807, 2.05) is 60.7 Å². The fraction of sp³-hybridized carbons (Fsp3) is 0.538. The summed E-state index contributed by atoms with van der Waals surface area (Å²) in [6.07, 6.45) is -2.57. The van der Waals surface area contributed by atoms with Gasteiger partial charge < -0.3 is 13.9 Å². The average molecular weight is 587 g/mol. The Balaban J connectivity index is 2.11. The van der Waals surface area contributed by atoms with E-state index in [1.54, 1.807) is 6.92 Å². The Bertz CT molecular complexity index is 1220. The van der Waals surface area contributed by atoms with Gasteiger partial charge >= 0.3 is 0 Å². The molecule has 0 amide bonds. The Labute approximate surface area is 227 Å². The van der Waals surface area contributed by atoms with Gasteiger partial charge in [0.1, 0.15) is 18.3 Å². The second-order valence-corrected chi connectivity index (χ2v) is 18.1. The number of ether oxygens (including phenoxy) is 2. The van der Waals surface area contributed by atoms with Crippen LogP contribution in [-0.4, -0.2) is 76.0 Å². The molecule has 0 radical (unpaired) electrons. The molecule has 212 valence electrons. The van der Waals surface area contributed by atoms with Gasteiger partial charge in [-0.25, -0.2) is 0 Å². The van der Waals surface area contributed by atoms with Crippen LogP contribution in [0.25, 0.3) is 0 Å². The molecule has 12 heteroatoms. The van der Waals surface area contributed by atoms with E-state index in [0.717, 1.165) is 22.9 Å². The molecular formula is C26H38O9S2Si. The summed E-state index contributed by atoms with van der Waals surface area (Å²) in [6, 6.07) is 19.8. The molecule has 0 spiro atoms. The summed E-state index contributed by atoms with van der Waals surface area (Å²) >= 11 is 0. The minimum atomic E-state index is -4.02. The first-order valence-electron chi connectivity index (χ1n) is 12.3. The molecule has 0 saturated carbocycles. The lowest BCUT2D eigenvalue weighted by molar-refractivity contribution is -0.263. The van der Waals surface area contributed by atoms with Crippen molar-refractivity contribution in [3.05, 3.63) is 60.7 Å². The maximum atomic E-state index is 12.3. The molecule has 0 unspecified atom stereocenters. The SMILES string of the molecule is CO[C@H]1O[C@H](CO[Si](c2ccccc2)(c2ccccc2)C(C)(C)C)[C@@H](OS(C)(=O)=O)[C@@H](OS(C)(=O)=O)[C@@H]1C. The molecule has 2 aromatic rings. The van der Waals surface area contributed by atoms with Crippen LogP contribution in [0.4, 0.5) is 0 Å². The zero-order valence-corrected chi connectivity index (χ0v) is 25.5. The van der Waals surface area contributed by atoms with Gasteiger partial charge in [0.2, 0.25) is 0 Å². The molecule has 1 aliphatic rings. The normalized spacial score (nSPS) is 25.3. The van der Waals surface area contributed by atoms with E-state index in [-0.39, 0.29) is 11.6 Å². The highest BCUT2D eigenvalue weighted by Gasteiger charge is 2.53. The van der Waals surface area contributed by atoms with Crippen LogP contribution in [0.2, 0.25) is 5.04 Å². The van der Waals surface area contributed by atoms with E-state index in [1.165, 1.54) is 7.11 Å².